The molecular weight excluding hydrogens is 288 g/mol. The molecule has 8 nitrogen and oxygen atoms in total. The van der Waals surface area contributed by atoms with Crippen molar-refractivity contribution in [3.63, 3.8) is 0 Å². The Balaban J connectivity index is 2.16. The number of aromatic nitrogens is 4. The van der Waals surface area contributed by atoms with E-state index in [0.29, 0.717) is 5.82 Å². The Kier molecular flexibility index (Phi) is 4.28. The number of aliphatic carboxylic acids is 1. The average molecular weight is 299 g/mol. The minimum atomic E-state index is -1.42. The predicted molar refractivity (Wildman–Crippen MR) is 67.4 cm³/mol. The summed E-state index contributed by atoms with van der Waals surface area (Å²) < 4.78 is 1.33. The van der Waals surface area contributed by atoms with Crippen molar-refractivity contribution in [1.82, 2.24) is 20.0 Å². The number of rotatable bonds is 5. The summed E-state index contributed by atoms with van der Waals surface area (Å²) >= 11 is 5.61. The Morgan fingerprint density at radius 1 is 1.35 bits per heavy atom. The normalized spacial score (nSPS) is 13.9. The first kappa shape index (κ1) is 14.4. The molecule has 0 saturated heterocycles. The van der Waals surface area contributed by atoms with Gasteiger partial charge in [0.2, 0.25) is 0 Å². The molecule has 3 N–H and O–H groups in total. The molecule has 2 unspecified atom stereocenters. The van der Waals surface area contributed by atoms with E-state index in [1.54, 1.807) is 6.07 Å². The molecule has 106 valence electrons. The van der Waals surface area contributed by atoms with E-state index in [1.165, 1.54) is 23.1 Å². The van der Waals surface area contributed by atoms with Gasteiger partial charge in [0.1, 0.15) is 6.10 Å². The summed E-state index contributed by atoms with van der Waals surface area (Å²) in [6.07, 6.45) is -0.589. The van der Waals surface area contributed by atoms with E-state index in [2.05, 4.69) is 15.3 Å². The van der Waals surface area contributed by atoms with Crippen molar-refractivity contribution in [2.75, 3.05) is 0 Å². The fraction of sp³-hybridized carbons (Fsp3) is 0.273. The molecule has 0 aromatic carbocycles. The van der Waals surface area contributed by atoms with E-state index in [9.17, 15) is 15.0 Å². The van der Waals surface area contributed by atoms with Gasteiger partial charge in [-0.3, -0.25) is 4.79 Å². The quantitative estimate of drug-likeness (QED) is 0.720. The fourth-order valence-electron chi connectivity index (χ4n) is 1.56. The van der Waals surface area contributed by atoms with Crippen LogP contribution in [0.15, 0.2) is 24.5 Å². The number of carboxylic acid groups (broad SMARTS) is 1. The van der Waals surface area contributed by atoms with E-state index < -0.39 is 24.6 Å². The molecule has 0 radical (unpaired) electrons. The van der Waals surface area contributed by atoms with E-state index in [4.69, 9.17) is 16.7 Å². The third-order valence-corrected chi connectivity index (χ3v) is 2.75. The second-order valence-electron chi connectivity index (χ2n) is 4.04. The molecule has 9 heteroatoms. The lowest BCUT2D eigenvalue weighted by atomic mass is 10.1. The fourth-order valence-corrected chi connectivity index (χ4v) is 1.66. The van der Waals surface area contributed by atoms with E-state index in [1.807, 2.05) is 0 Å². The highest BCUT2D eigenvalue weighted by Gasteiger charge is 2.22. The lowest BCUT2D eigenvalue weighted by molar-refractivity contribution is -0.141. The van der Waals surface area contributed by atoms with E-state index in [0.717, 1.165) is 0 Å². The predicted octanol–water partition coefficient (Wildman–Crippen LogP) is 0.185. The molecule has 0 bridgehead atoms. The number of aliphatic hydroxyl groups is 2. The third-order valence-electron chi connectivity index (χ3n) is 2.54. The SMILES string of the molecule is O=C(O)CC(O)C(O)c1cnn(-c2ccc(Cl)nn2)c1. The van der Waals surface area contributed by atoms with Gasteiger partial charge in [0.15, 0.2) is 11.0 Å². The first-order valence-corrected chi connectivity index (χ1v) is 5.97. The van der Waals surface area contributed by atoms with Crippen molar-refractivity contribution in [3.05, 3.63) is 35.2 Å². The highest BCUT2D eigenvalue weighted by atomic mass is 35.5. The Labute approximate surface area is 118 Å². The van der Waals surface area contributed by atoms with Crippen LogP contribution in [0.4, 0.5) is 0 Å². The maximum Gasteiger partial charge on any atom is 0.306 e. The monoisotopic (exact) mass is 298 g/mol. The Morgan fingerprint density at radius 2 is 2.10 bits per heavy atom. The van der Waals surface area contributed by atoms with Crippen LogP contribution in [0, 0.1) is 0 Å². The van der Waals surface area contributed by atoms with Crippen LogP contribution in [-0.2, 0) is 4.79 Å². The Morgan fingerprint density at radius 3 is 2.70 bits per heavy atom. The van der Waals surface area contributed by atoms with Gasteiger partial charge in [-0.1, -0.05) is 11.6 Å². The van der Waals surface area contributed by atoms with Gasteiger partial charge in [0, 0.05) is 11.8 Å². The topological polar surface area (TPSA) is 121 Å². The van der Waals surface area contributed by atoms with Gasteiger partial charge >= 0.3 is 5.97 Å². The number of hydrogen-bond donors (Lipinski definition) is 3. The van der Waals surface area contributed by atoms with Crippen LogP contribution in [0.5, 0.6) is 0 Å². The van der Waals surface area contributed by atoms with Crippen LogP contribution in [0.1, 0.15) is 18.1 Å². The van der Waals surface area contributed by atoms with Gasteiger partial charge in [-0.25, -0.2) is 4.68 Å². The van der Waals surface area contributed by atoms with Gasteiger partial charge in [-0.05, 0) is 12.1 Å². The van der Waals surface area contributed by atoms with Crippen LogP contribution in [0.3, 0.4) is 0 Å². The van der Waals surface area contributed by atoms with Gasteiger partial charge in [-0.2, -0.15) is 5.10 Å². The zero-order chi connectivity index (χ0) is 14.7. The molecule has 2 heterocycles. The van der Waals surface area contributed by atoms with Gasteiger partial charge < -0.3 is 15.3 Å². The minimum Gasteiger partial charge on any atom is -0.481 e. The maximum absolute atomic E-state index is 10.5. The summed E-state index contributed by atoms with van der Waals surface area (Å²) in [5.41, 5.74) is 0.274. The van der Waals surface area contributed by atoms with Crippen molar-refractivity contribution in [3.8, 4) is 5.82 Å². The van der Waals surface area contributed by atoms with Gasteiger partial charge in [0.25, 0.3) is 0 Å². The van der Waals surface area contributed by atoms with Crippen LogP contribution in [-0.4, -0.2) is 47.4 Å². The molecule has 2 aromatic heterocycles. The molecule has 0 aliphatic rings. The third kappa shape index (κ3) is 3.29. The Bertz CT molecular complexity index is 601. The second-order valence-corrected chi connectivity index (χ2v) is 4.43. The lowest BCUT2D eigenvalue weighted by Gasteiger charge is -2.13. The Hall–Kier alpha value is -2.03. The number of carboxylic acids is 1. The smallest absolute Gasteiger partial charge is 0.306 e. The molecule has 2 aromatic rings. The van der Waals surface area contributed by atoms with E-state index >= 15 is 0 Å². The standard InChI is InChI=1S/C11H11ClN4O4/c12-8-1-2-9(15-14-8)16-5-6(4-13-16)11(20)7(17)3-10(18)19/h1-2,4-5,7,11,17,20H,3H2,(H,18,19). The molecule has 0 saturated carbocycles. The molecule has 0 amide bonds. The summed E-state index contributed by atoms with van der Waals surface area (Å²) in [6, 6.07) is 3.10. The van der Waals surface area contributed by atoms with E-state index in [-0.39, 0.29) is 10.7 Å². The van der Waals surface area contributed by atoms with Crippen molar-refractivity contribution >= 4 is 17.6 Å². The maximum atomic E-state index is 10.5. The van der Waals surface area contributed by atoms with Crippen LogP contribution in [0.25, 0.3) is 5.82 Å². The number of nitrogens with zero attached hydrogens (tertiary/aromatic N) is 4. The lowest BCUT2D eigenvalue weighted by Crippen LogP contribution is -2.21. The van der Waals surface area contributed by atoms with Crippen molar-refractivity contribution < 1.29 is 20.1 Å². The van der Waals surface area contributed by atoms with Crippen molar-refractivity contribution in [2.45, 2.75) is 18.6 Å². The molecule has 0 aliphatic heterocycles. The second kappa shape index (κ2) is 5.95. The minimum absolute atomic E-state index is 0.234. The van der Waals surface area contributed by atoms with Crippen LogP contribution < -0.4 is 0 Å². The number of aliphatic hydroxyl groups excluding tert-OH is 2. The molecule has 20 heavy (non-hydrogen) atoms. The van der Waals surface area contributed by atoms with Crippen molar-refractivity contribution in [2.24, 2.45) is 0 Å². The van der Waals surface area contributed by atoms with Gasteiger partial charge in [0.05, 0.1) is 18.7 Å². The number of halogens is 1. The summed E-state index contributed by atoms with van der Waals surface area (Å²) in [5, 5.41) is 39.6. The molecule has 2 rings (SSSR count). The molecule has 0 aliphatic carbocycles. The largest absolute Gasteiger partial charge is 0.481 e. The summed E-state index contributed by atoms with van der Waals surface area (Å²) in [7, 11) is 0. The highest BCUT2D eigenvalue weighted by Crippen LogP contribution is 2.19. The molecule has 2 atom stereocenters. The first-order chi connectivity index (χ1) is 9.47. The molecular formula is C11H11ClN4O4. The molecule has 0 fully saturated rings. The first-order valence-electron chi connectivity index (χ1n) is 5.59. The van der Waals surface area contributed by atoms with Crippen LogP contribution in [0.2, 0.25) is 5.15 Å². The summed E-state index contributed by atoms with van der Waals surface area (Å²) in [6.45, 7) is 0. The average Bonchev–Trinajstić information content (AvgIpc) is 2.87. The van der Waals surface area contributed by atoms with Gasteiger partial charge in [-0.15, -0.1) is 10.2 Å². The summed E-state index contributed by atoms with van der Waals surface area (Å²) in [4.78, 5) is 10.5. The zero-order valence-electron chi connectivity index (χ0n) is 10.1. The summed E-state index contributed by atoms with van der Waals surface area (Å²) in [5.74, 6) is -0.826. The highest BCUT2D eigenvalue weighted by molar-refractivity contribution is 6.29. The number of hydrogen-bond acceptors (Lipinski definition) is 6. The molecule has 0 spiro atoms. The van der Waals surface area contributed by atoms with Crippen molar-refractivity contribution in [1.29, 1.82) is 0 Å². The van der Waals surface area contributed by atoms with Crippen LogP contribution >= 0.6 is 11.6 Å². The zero-order valence-corrected chi connectivity index (χ0v) is 10.8. The number of carbonyl (C=O) groups is 1.